The minimum Gasteiger partial charge on any atom is -0.462 e. The Labute approximate surface area is 319 Å². The van der Waals surface area contributed by atoms with Crippen LogP contribution >= 0.6 is 11.6 Å². The Hall–Kier alpha value is -2.34. The standard InChI is InChI=1S/C45H66ClNO5/c1-28(2)32-18-23-45(36(49)27-47(39(50)52-40(4,5)6)26-30-12-14-31(46)15-13-30)25-24-43(10)33(38(32)45)16-17-35-42(9)21-20-37(51-29(3)48)41(7,8)34(42)19-22-44(35,43)11/h12-15,28,33-35,37H,16-27H2,1-11H3/t33-,34+,35-,37+,42+,43-,44-,45-/m1/s1. The maximum absolute atomic E-state index is 15.1. The smallest absolute Gasteiger partial charge is 0.410 e. The van der Waals surface area contributed by atoms with Crippen LogP contribution in [0.4, 0.5) is 4.79 Å². The summed E-state index contributed by atoms with van der Waals surface area (Å²) in [6.07, 6.45) is 9.79. The van der Waals surface area contributed by atoms with Gasteiger partial charge in [0.15, 0.2) is 5.78 Å². The summed E-state index contributed by atoms with van der Waals surface area (Å²) >= 11 is 6.20. The zero-order chi connectivity index (χ0) is 38.2. The second-order valence-electron chi connectivity index (χ2n) is 20.1. The van der Waals surface area contributed by atoms with E-state index >= 15 is 4.79 Å². The van der Waals surface area contributed by atoms with Crippen molar-refractivity contribution in [2.45, 2.75) is 159 Å². The number of carbonyl (C=O) groups excluding carboxylic acids is 3. The molecule has 0 saturated heterocycles. The van der Waals surface area contributed by atoms with E-state index in [9.17, 15) is 9.59 Å². The number of halogens is 1. The minimum atomic E-state index is -0.675. The van der Waals surface area contributed by atoms with E-state index in [0.29, 0.717) is 35.2 Å². The zero-order valence-electron chi connectivity index (χ0n) is 34.0. The lowest BCUT2D eigenvalue weighted by atomic mass is 9.33. The van der Waals surface area contributed by atoms with Gasteiger partial charge in [-0.3, -0.25) is 14.5 Å². The molecule has 0 heterocycles. The quantitative estimate of drug-likeness (QED) is 0.206. The van der Waals surface area contributed by atoms with E-state index in [4.69, 9.17) is 21.1 Å². The molecule has 288 valence electrons. The van der Waals surface area contributed by atoms with E-state index < -0.39 is 17.1 Å². The first-order chi connectivity index (χ1) is 24.1. The van der Waals surface area contributed by atoms with Crippen molar-refractivity contribution >= 4 is 29.4 Å². The van der Waals surface area contributed by atoms with Crippen LogP contribution in [0.1, 0.15) is 146 Å². The van der Waals surface area contributed by atoms with Crippen LogP contribution in [-0.2, 0) is 25.6 Å². The van der Waals surface area contributed by atoms with Crippen LogP contribution in [0, 0.1) is 50.7 Å². The topological polar surface area (TPSA) is 72.9 Å². The number of rotatable bonds is 7. The van der Waals surface area contributed by atoms with Gasteiger partial charge in [-0.05, 0) is 143 Å². The number of allylic oxidation sites excluding steroid dienone is 2. The average molecular weight is 736 g/mol. The van der Waals surface area contributed by atoms with Gasteiger partial charge in [0.25, 0.3) is 0 Å². The molecule has 0 unspecified atom stereocenters. The molecule has 52 heavy (non-hydrogen) atoms. The number of benzene rings is 1. The molecule has 6 nitrogen and oxygen atoms in total. The summed E-state index contributed by atoms with van der Waals surface area (Å²) in [7, 11) is 0. The number of amides is 1. The van der Waals surface area contributed by atoms with Gasteiger partial charge in [0.1, 0.15) is 11.7 Å². The second kappa shape index (κ2) is 13.4. The van der Waals surface area contributed by atoms with Crippen molar-refractivity contribution in [2.75, 3.05) is 6.54 Å². The van der Waals surface area contributed by atoms with Crippen molar-refractivity contribution in [2.24, 2.45) is 50.7 Å². The predicted molar refractivity (Wildman–Crippen MR) is 208 cm³/mol. The molecule has 5 aliphatic carbocycles. The van der Waals surface area contributed by atoms with E-state index in [1.807, 2.05) is 45.0 Å². The zero-order valence-corrected chi connectivity index (χ0v) is 34.8. The first-order valence-electron chi connectivity index (χ1n) is 20.3. The van der Waals surface area contributed by atoms with Crippen molar-refractivity contribution in [3.8, 4) is 0 Å². The number of ketones is 1. The van der Waals surface area contributed by atoms with Crippen LogP contribution in [0.25, 0.3) is 0 Å². The molecule has 7 heteroatoms. The van der Waals surface area contributed by atoms with Crippen molar-refractivity contribution in [3.05, 3.63) is 46.0 Å². The lowest BCUT2D eigenvalue weighted by Gasteiger charge is -2.72. The van der Waals surface area contributed by atoms with E-state index in [1.165, 1.54) is 17.6 Å². The fourth-order valence-electron chi connectivity index (χ4n) is 13.1. The Bertz CT molecular complexity index is 1610. The van der Waals surface area contributed by atoms with Gasteiger partial charge in [-0.1, -0.05) is 83.3 Å². The molecule has 5 aliphatic rings. The third kappa shape index (κ3) is 6.37. The SMILES string of the molecule is CC(=O)O[C@H]1CC[C@]2(C)[C@H]3CC[C@@H]4C5=C(C(C)C)CC[C@]5(C(=O)CN(Cc5ccc(Cl)cc5)C(=O)OC(C)(C)C)CC[C@@]4(C)[C@]3(C)CC[C@H]2C1(C)C. The minimum absolute atomic E-state index is 0.0298. The number of hydrogen-bond donors (Lipinski definition) is 0. The molecule has 1 aromatic carbocycles. The molecule has 0 radical (unpaired) electrons. The van der Waals surface area contributed by atoms with Crippen molar-refractivity contribution < 1.29 is 23.9 Å². The molecule has 0 spiro atoms. The molecule has 0 aromatic heterocycles. The molecule has 0 bridgehead atoms. The highest BCUT2D eigenvalue weighted by atomic mass is 35.5. The van der Waals surface area contributed by atoms with Crippen molar-refractivity contribution in [1.82, 2.24) is 4.90 Å². The summed E-state index contributed by atoms with van der Waals surface area (Å²) in [6, 6.07) is 7.50. The van der Waals surface area contributed by atoms with Gasteiger partial charge in [0, 0.05) is 23.9 Å². The third-order valence-electron chi connectivity index (χ3n) is 15.7. The molecule has 4 saturated carbocycles. The Kier molecular flexibility index (Phi) is 10.2. The molecule has 0 N–H and O–H groups in total. The van der Waals surface area contributed by atoms with E-state index in [-0.39, 0.29) is 46.1 Å². The third-order valence-corrected chi connectivity index (χ3v) is 16.0. The molecular weight excluding hydrogens is 670 g/mol. The highest BCUT2D eigenvalue weighted by Gasteiger charge is 2.70. The van der Waals surface area contributed by atoms with Gasteiger partial charge in [-0.2, -0.15) is 0 Å². The van der Waals surface area contributed by atoms with Gasteiger partial charge in [-0.25, -0.2) is 4.79 Å². The molecule has 0 aliphatic heterocycles. The molecular formula is C45H66ClNO5. The highest BCUT2D eigenvalue weighted by Crippen LogP contribution is 2.77. The Morgan fingerprint density at radius 1 is 0.865 bits per heavy atom. The maximum Gasteiger partial charge on any atom is 0.410 e. The summed E-state index contributed by atoms with van der Waals surface area (Å²) in [5.41, 5.74) is 2.95. The predicted octanol–water partition coefficient (Wildman–Crippen LogP) is 11.4. The van der Waals surface area contributed by atoms with E-state index in [1.54, 1.807) is 11.8 Å². The maximum atomic E-state index is 15.1. The molecule has 6 rings (SSSR count). The van der Waals surface area contributed by atoms with Gasteiger partial charge in [0.05, 0.1) is 12.0 Å². The molecule has 1 amide bonds. The largest absolute Gasteiger partial charge is 0.462 e. The van der Waals surface area contributed by atoms with E-state index in [0.717, 1.165) is 63.4 Å². The number of hydrogen-bond acceptors (Lipinski definition) is 5. The lowest BCUT2D eigenvalue weighted by molar-refractivity contribution is -0.232. The second-order valence-corrected chi connectivity index (χ2v) is 20.6. The van der Waals surface area contributed by atoms with E-state index in [2.05, 4.69) is 48.5 Å². The molecule has 1 aromatic rings. The van der Waals surface area contributed by atoms with Crippen LogP contribution in [0.15, 0.2) is 35.4 Å². The molecule has 8 atom stereocenters. The van der Waals surface area contributed by atoms with Gasteiger partial charge in [0.2, 0.25) is 0 Å². The monoisotopic (exact) mass is 735 g/mol. The summed E-state index contributed by atoms with van der Waals surface area (Å²) in [5.74, 6) is 1.81. The first kappa shape index (κ1) is 39.4. The summed E-state index contributed by atoms with van der Waals surface area (Å²) < 4.78 is 11.9. The van der Waals surface area contributed by atoms with Crippen LogP contribution in [0.2, 0.25) is 5.02 Å². The summed E-state index contributed by atoms with van der Waals surface area (Å²) in [4.78, 5) is 42.6. The number of nitrogens with zero attached hydrogens (tertiary/aromatic N) is 1. The van der Waals surface area contributed by atoms with Crippen molar-refractivity contribution in [3.63, 3.8) is 0 Å². The Balaban J connectivity index is 1.33. The van der Waals surface area contributed by atoms with Gasteiger partial charge >= 0.3 is 12.1 Å². The summed E-state index contributed by atoms with van der Waals surface area (Å²) in [6.45, 7) is 24.6. The normalized spacial score (nSPS) is 36.6. The Morgan fingerprint density at radius 3 is 2.15 bits per heavy atom. The van der Waals surface area contributed by atoms with Crippen LogP contribution in [-0.4, -0.2) is 41.0 Å². The number of carbonyl (C=O) groups is 3. The number of esters is 1. The summed E-state index contributed by atoms with van der Waals surface area (Å²) in [5, 5.41) is 0.638. The van der Waals surface area contributed by atoms with Crippen molar-refractivity contribution in [1.29, 1.82) is 0 Å². The van der Waals surface area contributed by atoms with Crippen LogP contribution in [0.5, 0.6) is 0 Å². The van der Waals surface area contributed by atoms with Gasteiger partial charge < -0.3 is 9.47 Å². The lowest BCUT2D eigenvalue weighted by Crippen LogP contribution is -2.66. The molecule has 4 fully saturated rings. The average Bonchev–Trinajstić information content (AvgIpc) is 3.44. The number of Topliss-reactive ketones (excluding diaryl/α,β-unsaturated/α-hetero) is 1. The number of fused-ring (bicyclic) bond motifs is 7. The van der Waals surface area contributed by atoms with Crippen LogP contribution in [0.3, 0.4) is 0 Å². The highest BCUT2D eigenvalue weighted by molar-refractivity contribution is 6.30. The van der Waals surface area contributed by atoms with Crippen LogP contribution < -0.4 is 0 Å². The fourth-order valence-corrected chi connectivity index (χ4v) is 13.3. The first-order valence-corrected chi connectivity index (χ1v) is 20.6. The number of ether oxygens (including phenoxy) is 2. The van der Waals surface area contributed by atoms with Gasteiger partial charge in [-0.15, -0.1) is 0 Å². The fraction of sp³-hybridized carbons (Fsp3) is 0.756. The Morgan fingerprint density at radius 2 is 1.54 bits per heavy atom.